The minimum Gasteiger partial charge on any atom is -0.330 e. The van der Waals surface area contributed by atoms with Crippen molar-refractivity contribution in [3.05, 3.63) is 59.7 Å². The van der Waals surface area contributed by atoms with Crippen molar-refractivity contribution >= 4 is 11.6 Å². The van der Waals surface area contributed by atoms with Crippen LogP contribution in [0.25, 0.3) is 0 Å². The van der Waals surface area contributed by atoms with E-state index in [9.17, 15) is 9.18 Å². The van der Waals surface area contributed by atoms with Gasteiger partial charge in [-0.05, 0) is 50.2 Å². The zero-order valence-corrected chi connectivity index (χ0v) is 11.9. The molecule has 0 spiro atoms. The fraction of sp³-hybridized carbons (Fsp3) is 0.250. The Hall–Kier alpha value is -2.27. The van der Waals surface area contributed by atoms with Crippen LogP contribution < -0.4 is 10.6 Å². The zero-order chi connectivity index (χ0) is 15.2. The molecule has 0 unspecified atom stereocenters. The monoisotopic (exact) mass is 287 g/mol. The van der Waals surface area contributed by atoms with Crippen molar-refractivity contribution in [3.8, 4) is 0 Å². The van der Waals surface area contributed by atoms with E-state index in [1.165, 1.54) is 12.1 Å². The summed E-state index contributed by atoms with van der Waals surface area (Å²) in [7, 11) is 0. The highest BCUT2D eigenvalue weighted by Gasteiger charge is 2.19. The van der Waals surface area contributed by atoms with Gasteiger partial charge in [0.2, 0.25) is 0 Å². The van der Waals surface area contributed by atoms with E-state index in [4.69, 9.17) is 5.73 Å². The van der Waals surface area contributed by atoms with E-state index in [0.717, 1.165) is 0 Å². The van der Waals surface area contributed by atoms with E-state index in [2.05, 4.69) is 4.98 Å². The third-order valence-corrected chi connectivity index (χ3v) is 3.19. The van der Waals surface area contributed by atoms with Gasteiger partial charge in [0.05, 0.1) is 5.56 Å². The summed E-state index contributed by atoms with van der Waals surface area (Å²) in [5, 5.41) is 0. The topological polar surface area (TPSA) is 59.2 Å². The molecule has 5 heteroatoms. The minimum absolute atomic E-state index is 0.195. The molecule has 0 bridgehead atoms. The smallest absolute Gasteiger partial charge is 0.260 e. The molecule has 0 aliphatic rings. The Balaban J connectivity index is 2.36. The Morgan fingerprint density at radius 3 is 2.81 bits per heavy atom. The van der Waals surface area contributed by atoms with Gasteiger partial charge in [-0.15, -0.1) is 0 Å². The van der Waals surface area contributed by atoms with Gasteiger partial charge in [0.15, 0.2) is 0 Å². The van der Waals surface area contributed by atoms with Gasteiger partial charge in [-0.1, -0.05) is 6.07 Å². The van der Waals surface area contributed by atoms with Crippen molar-refractivity contribution in [1.29, 1.82) is 0 Å². The number of halogens is 1. The summed E-state index contributed by atoms with van der Waals surface area (Å²) in [6.45, 7) is 2.68. The lowest BCUT2D eigenvalue weighted by Crippen LogP contribution is -2.33. The molecule has 0 saturated carbocycles. The first kappa shape index (κ1) is 15.1. The number of benzene rings is 1. The molecule has 0 aliphatic heterocycles. The molecule has 1 amide bonds. The number of hydrogen-bond donors (Lipinski definition) is 1. The lowest BCUT2D eigenvalue weighted by atomic mass is 10.1. The number of aryl methyl sites for hydroxylation is 1. The molecule has 21 heavy (non-hydrogen) atoms. The molecular weight excluding hydrogens is 269 g/mol. The fourth-order valence-electron chi connectivity index (χ4n) is 2.10. The average molecular weight is 287 g/mol. The Labute approximate surface area is 123 Å². The Morgan fingerprint density at radius 2 is 2.14 bits per heavy atom. The van der Waals surface area contributed by atoms with Crippen molar-refractivity contribution in [2.24, 2.45) is 5.73 Å². The van der Waals surface area contributed by atoms with Crippen LogP contribution in [0.4, 0.5) is 10.1 Å². The summed E-state index contributed by atoms with van der Waals surface area (Å²) in [6.07, 6.45) is 2.28. The lowest BCUT2D eigenvalue weighted by molar-refractivity contribution is 0.0986. The van der Waals surface area contributed by atoms with E-state index in [1.807, 2.05) is 0 Å². The van der Waals surface area contributed by atoms with Crippen LogP contribution in [0.3, 0.4) is 0 Å². The van der Waals surface area contributed by atoms with Crippen LogP contribution in [-0.2, 0) is 0 Å². The number of carbonyl (C=O) groups excluding carboxylic acids is 1. The normalized spacial score (nSPS) is 10.4. The SMILES string of the molecule is Cc1ncccc1C(=O)N(CCCN)c1cccc(F)c1. The first-order valence-electron chi connectivity index (χ1n) is 6.82. The van der Waals surface area contributed by atoms with Crippen LogP contribution in [-0.4, -0.2) is 24.0 Å². The Bertz CT molecular complexity index is 630. The highest BCUT2D eigenvalue weighted by molar-refractivity contribution is 6.06. The molecule has 4 nitrogen and oxygen atoms in total. The quantitative estimate of drug-likeness (QED) is 0.919. The predicted octanol–water partition coefficient (Wildman–Crippen LogP) is 2.52. The summed E-state index contributed by atoms with van der Waals surface area (Å²) < 4.78 is 13.4. The predicted molar refractivity (Wildman–Crippen MR) is 80.7 cm³/mol. The molecular formula is C16H18FN3O. The number of nitrogens with two attached hydrogens (primary N) is 1. The van der Waals surface area contributed by atoms with Gasteiger partial charge in [0, 0.05) is 24.1 Å². The number of amides is 1. The standard InChI is InChI=1S/C16H18FN3O/c1-12-15(7-3-9-19-12)16(21)20(10-4-8-18)14-6-2-5-13(17)11-14/h2-3,5-7,9,11H,4,8,10,18H2,1H3. The molecule has 0 radical (unpaired) electrons. The second kappa shape index (κ2) is 6.95. The minimum atomic E-state index is -0.374. The third-order valence-electron chi connectivity index (χ3n) is 3.19. The molecule has 0 fully saturated rings. The fourth-order valence-corrected chi connectivity index (χ4v) is 2.10. The largest absolute Gasteiger partial charge is 0.330 e. The summed E-state index contributed by atoms with van der Waals surface area (Å²) in [5.41, 5.74) is 7.22. The summed E-state index contributed by atoms with van der Waals surface area (Å²) in [5.74, 6) is -0.569. The van der Waals surface area contributed by atoms with E-state index in [1.54, 1.807) is 42.3 Å². The van der Waals surface area contributed by atoms with Crippen molar-refractivity contribution < 1.29 is 9.18 Å². The van der Waals surface area contributed by atoms with Crippen molar-refractivity contribution in [3.63, 3.8) is 0 Å². The molecule has 1 aromatic heterocycles. The highest BCUT2D eigenvalue weighted by atomic mass is 19.1. The van der Waals surface area contributed by atoms with Crippen molar-refractivity contribution in [2.75, 3.05) is 18.0 Å². The highest BCUT2D eigenvalue weighted by Crippen LogP contribution is 2.19. The van der Waals surface area contributed by atoms with Crippen LogP contribution in [0.5, 0.6) is 0 Å². The number of pyridine rings is 1. The maximum atomic E-state index is 13.4. The van der Waals surface area contributed by atoms with Gasteiger partial charge in [-0.2, -0.15) is 0 Å². The summed E-state index contributed by atoms with van der Waals surface area (Å²) >= 11 is 0. The number of nitrogens with zero attached hydrogens (tertiary/aromatic N) is 2. The maximum Gasteiger partial charge on any atom is 0.260 e. The average Bonchev–Trinajstić information content (AvgIpc) is 2.48. The zero-order valence-electron chi connectivity index (χ0n) is 11.9. The molecule has 1 aromatic carbocycles. The molecule has 0 saturated heterocycles. The molecule has 2 aromatic rings. The number of aromatic nitrogens is 1. The Kier molecular flexibility index (Phi) is 5.00. The molecule has 1 heterocycles. The number of rotatable bonds is 5. The van der Waals surface area contributed by atoms with Gasteiger partial charge in [-0.3, -0.25) is 9.78 Å². The molecule has 0 aliphatic carbocycles. The summed E-state index contributed by atoms with van der Waals surface area (Å²) in [4.78, 5) is 18.4. The van der Waals surface area contributed by atoms with Crippen LogP contribution in [0.15, 0.2) is 42.6 Å². The molecule has 110 valence electrons. The molecule has 2 rings (SSSR count). The van der Waals surface area contributed by atoms with E-state index < -0.39 is 0 Å². The Morgan fingerprint density at radius 1 is 1.33 bits per heavy atom. The van der Waals surface area contributed by atoms with Crippen molar-refractivity contribution in [2.45, 2.75) is 13.3 Å². The second-order valence-corrected chi connectivity index (χ2v) is 4.72. The van der Waals surface area contributed by atoms with Crippen LogP contribution in [0.1, 0.15) is 22.5 Å². The maximum absolute atomic E-state index is 13.4. The first-order chi connectivity index (χ1) is 10.1. The van der Waals surface area contributed by atoms with Gasteiger partial charge in [0.25, 0.3) is 5.91 Å². The van der Waals surface area contributed by atoms with E-state index >= 15 is 0 Å². The van der Waals surface area contributed by atoms with E-state index in [0.29, 0.717) is 36.5 Å². The third kappa shape index (κ3) is 3.64. The lowest BCUT2D eigenvalue weighted by Gasteiger charge is -2.23. The number of hydrogen-bond acceptors (Lipinski definition) is 3. The number of anilines is 1. The molecule has 0 atom stereocenters. The van der Waals surface area contributed by atoms with Crippen LogP contribution >= 0.6 is 0 Å². The second-order valence-electron chi connectivity index (χ2n) is 4.72. The van der Waals surface area contributed by atoms with Gasteiger partial charge in [0.1, 0.15) is 5.82 Å². The van der Waals surface area contributed by atoms with Crippen LogP contribution in [0, 0.1) is 12.7 Å². The van der Waals surface area contributed by atoms with Gasteiger partial charge >= 0.3 is 0 Å². The van der Waals surface area contributed by atoms with Crippen LogP contribution in [0.2, 0.25) is 0 Å². The number of carbonyl (C=O) groups is 1. The molecule has 2 N–H and O–H groups in total. The van der Waals surface area contributed by atoms with Crippen molar-refractivity contribution in [1.82, 2.24) is 4.98 Å². The first-order valence-corrected chi connectivity index (χ1v) is 6.82. The van der Waals surface area contributed by atoms with Gasteiger partial charge in [-0.25, -0.2) is 4.39 Å². The van der Waals surface area contributed by atoms with Gasteiger partial charge < -0.3 is 10.6 Å². The summed E-state index contributed by atoms with van der Waals surface area (Å²) in [6, 6.07) is 9.43. The van der Waals surface area contributed by atoms with E-state index in [-0.39, 0.29) is 11.7 Å².